The van der Waals surface area contributed by atoms with E-state index >= 15 is 0 Å². The van der Waals surface area contributed by atoms with E-state index in [1.807, 2.05) is 0 Å². The Hall–Kier alpha value is 0.0600. The molecule has 0 aliphatic carbocycles. The van der Waals surface area contributed by atoms with Gasteiger partial charge in [-0.25, -0.2) is 9.97 Å². The molecule has 84 valence electrons. The molecule has 3 nitrogen and oxygen atoms in total. The molecule has 0 saturated carbocycles. The van der Waals surface area contributed by atoms with Crippen LogP contribution in [-0.2, 0) is 11.2 Å². The van der Waals surface area contributed by atoms with Crippen LogP contribution in [0.1, 0.15) is 31.3 Å². The fraction of sp³-hybridized carbons (Fsp3) is 0.600. The van der Waals surface area contributed by atoms with Crippen LogP contribution in [0.15, 0.2) is 0 Å². The number of hydrogen-bond acceptors (Lipinski definition) is 3. The molecule has 0 aliphatic rings. The lowest BCUT2D eigenvalue weighted by Crippen LogP contribution is -2.07. The molecule has 0 unspecified atom stereocenters. The van der Waals surface area contributed by atoms with Gasteiger partial charge in [0.05, 0.1) is 15.9 Å². The van der Waals surface area contributed by atoms with Gasteiger partial charge in [-0.15, -0.1) is 0 Å². The molecule has 0 N–H and O–H groups in total. The second kappa shape index (κ2) is 5.96. The molecule has 0 saturated heterocycles. The van der Waals surface area contributed by atoms with Gasteiger partial charge < -0.3 is 4.74 Å². The summed E-state index contributed by atoms with van der Waals surface area (Å²) in [5, 5.41) is 0.542. The van der Waals surface area contributed by atoms with E-state index in [1.165, 1.54) is 0 Å². The molecule has 0 aliphatic heterocycles. The molecular formula is C10H14ClIN2O. The summed E-state index contributed by atoms with van der Waals surface area (Å²) in [6, 6.07) is 0. The number of aromatic nitrogens is 2. The van der Waals surface area contributed by atoms with Crippen molar-refractivity contribution in [3.8, 4) is 0 Å². The molecule has 1 aromatic rings. The largest absolute Gasteiger partial charge is 0.384 e. The summed E-state index contributed by atoms with van der Waals surface area (Å²) in [6.07, 6.45) is 0.701. The van der Waals surface area contributed by atoms with Gasteiger partial charge in [0, 0.05) is 13.5 Å². The maximum atomic E-state index is 6.04. The van der Waals surface area contributed by atoms with Crippen molar-refractivity contribution in [1.29, 1.82) is 0 Å². The van der Waals surface area contributed by atoms with Crippen molar-refractivity contribution in [2.75, 3.05) is 13.7 Å². The van der Waals surface area contributed by atoms with Crippen molar-refractivity contribution < 1.29 is 4.74 Å². The van der Waals surface area contributed by atoms with Crippen LogP contribution < -0.4 is 0 Å². The molecule has 0 radical (unpaired) electrons. The van der Waals surface area contributed by atoms with Gasteiger partial charge in [-0.2, -0.15) is 0 Å². The average molecular weight is 341 g/mol. The predicted molar refractivity (Wildman–Crippen MR) is 69.4 cm³/mol. The zero-order valence-corrected chi connectivity index (χ0v) is 12.0. The Balaban J connectivity index is 3.00. The minimum atomic E-state index is 0.360. The number of halogens is 2. The summed E-state index contributed by atoms with van der Waals surface area (Å²) in [5.74, 6) is 1.12. The van der Waals surface area contributed by atoms with Crippen molar-refractivity contribution in [2.45, 2.75) is 26.2 Å². The van der Waals surface area contributed by atoms with E-state index in [9.17, 15) is 0 Å². The smallest absolute Gasteiger partial charge is 0.146 e. The molecule has 0 atom stereocenters. The molecule has 0 spiro atoms. The van der Waals surface area contributed by atoms with Crippen molar-refractivity contribution >= 4 is 34.2 Å². The third-order valence-electron chi connectivity index (χ3n) is 1.96. The van der Waals surface area contributed by atoms with Crippen molar-refractivity contribution in [3.63, 3.8) is 0 Å². The van der Waals surface area contributed by atoms with E-state index in [4.69, 9.17) is 16.3 Å². The van der Waals surface area contributed by atoms with Crippen LogP contribution >= 0.6 is 34.2 Å². The van der Waals surface area contributed by atoms with Crippen LogP contribution in [-0.4, -0.2) is 23.7 Å². The first-order chi connectivity index (χ1) is 7.06. The summed E-state index contributed by atoms with van der Waals surface area (Å²) < 4.78 is 5.94. The number of hydrogen-bond donors (Lipinski definition) is 0. The molecule has 0 amide bonds. The molecule has 0 aromatic carbocycles. The first-order valence-electron chi connectivity index (χ1n) is 4.77. The van der Waals surface area contributed by atoms with Gasteiger partial charge in [0.15, 0.2) is 0 Å². The molecule has 5 heteroatoms. The van der Waals surface area contributed by atoms with Gasteiger partial charge >= 0.3 is 0 Å². The molecule has 1 heterocycles. The number of methoxy groups -OCH3 is 1. The van der Waals surface area contributed by atoms with Gasteiger partial charge in [-0.3, -0.25) is 0 Å². The Morgan fingerprint density at radius 3 is 2.60 bits per heavy atom. The first-order valence-corrected chi connectivity index (χ1v) is 6.22. The Morgan fingerprint density at radius 1 is 1.40 bits per heavy atom. The van der Waals surface area contributed by atoms with Gasteiger partial charge in [0.1, 0.15) is 11.0 Å². The Bertz CT molecular complexity index is 344. The lowest BCUT2D eigenvalue weighted by Gasteiger charge is -2.10. The minimum Gasteiger partial charge on any atom is -0.384 e. The highest BCUT2D eigenvalue weighted by molar-refractivity contribution is 14.1. The van der Waals surface area contributed by atoms with E-state index in [1.54, 1.807) is 7.11 Å². The predicted octanol–water partition coefficient (Wildman–Crippen LogP) is 3.05. The molecule has 1 rings (SSSR count). The summed E-state index contributed by atoms with van der Waals surface area (Å²) in [6.45, 7) is 4.82. The third kappa shape index (κ3) is 3.53. The Labute approximate surface area is 109 Å². The Kier molecular flexibility index (Phi) is 5.22. The summed E-state index contributed by atoms with van der Waals surface area (Å²) in [7, 11) is 1.66. The average Bonchev–Trinajstić information content (AvgIpc) is 2.19. The Morgan fingerprint density at radius 2 is 2.07 bits per heavy atom. The summed E-state index contributed by atoms with van der Waals surface area (Å²) >= 11 is 8.23. The minimum absolute atomic E-state index is 0.360. The number of ether oxygens (including phenoxy) is 1. The van der Waals surface area contributed by atoms with Crippen LogP contribution in [0, 0.1) is 3.57 Å². The van der Waals surface area contributed by atoms with E-state index in [-0.39, 0.29) is 0 Å². The fourth-order valence-electron chi connectivity index (χ4n) is 1.17. The number of rotatable bonds is 4. The lowest BCUT2D eigenvalue weighted by atomic mass is 10.1. The van der Waals surface area contributed by atoms with Crippen LogP contribution in [0.4, 0.5) is 0 Å². The maximum absolute atomic E-state index is 6.04. The molecule has 0 fully saturated rings. The van der Waals surface area contributed by atoms with E-state index in [0.29, 0.717) is 24.1 Å². The molecule has 1 aromatic heterocycles. The summed E-state index contributed by atoms with van der Waals surface area (Å²) in [4.78, 5) is 8.71. The third-order valence-corrected chi connectivity index (χ3v) is 3.62. The highest BCUT2D eigenvalue weighted by Crippen LogP contribution is 2.24. The highest BCUT2D eigenvalue weighted by Gasteiger charge is 2.13. The van der Waals surface area contributed by atoms with Crippen molar-refractivity contribution in [1.82, 2.24) is 9.97 Å². The normalized spacial score (nSPS) is 11.1. The quantitative estimate of drug-likeness (QED) is 0.624. The van der Waals surface area contributed by atoms with Gasteiger partial charge in [0.25, 0.3) is 0 Å². The molecule has 15 heavy (non-hydrogen) atoms. The first kappa shape index (κ1) is 13.1. The van der Waals surface area contributed by atoms with E-state index in [2.05, 4.69) is 46.4 Å². The van der Waals surface area contributed by atoms with E-state index < -0.39 is 0 Å². The highest BCUT2D eigenvalue weighted by atomic mass is 127. The lowest BCUT2D eigenvalue weighted by molar-refractivity contribution is 0.200. The second-order valence-electron chi connectivity index (χ2n) is 3.53. The van der Waals surface area contributed by atoms with Crippen LogP contribution in [0.2, 0.25) is 5.15 Å². The molecular weight excluding hydrogens is 326 g/mol. The van der Waals surface area contributed by atoms with Crippen molar-refractivity contribution in [3.05, 3.63) is 20.2 Å². The van der Waals surface area contributed by atoms with Gasteiger partial charge in [-0.1, -0.05) is 25.4 Å². The number of nitrogens with zero attached hydrogens (tertiary/aromatic N) is 2. The van der Waals surface area contributed by atoms with Crippen LogP contribution in [0.25, 0.3) is 0 Å². The van der Waals surface area contributed by atoms with E-state index in [0.717, 1.165) is 15.1 Å². The van der Waals surface area contributed by atoms with Crippen LogP contribution in [0.3, 0.4) is 0 Å². The zero-order chi connectivity index (χ0) is 11.4. The monoisotopic (exact) mass is 340 g/mol. The van der Waals surface area contributed by atoms with Gasteiger partial charge in [0.2, 0.25) is 0 Å². The standard InChI is InChI=1S/C10H14ClIN2O/c1-6(2)9-8(12)10(11)14-7(13-9)4-5-15-3/h6H,4-5H2,1-3H3. The zero-order valence-electron chi connectivity index (χ0n) is 9.05. The van der Waals surface area contributed by atoms with Gasteiger partial charge in [-0.05, 0) is 28.5 Å². The van der Waals surface area contributed by atoms with Crippen molar-refractivity contribution in [2.24, 2.45) is 0 Å². The van der Waals surface area contributed by atoms with Crippen LogP contribution in [0.5, 0.6) is 0 Å². The molecule has 0 bridgehead atoms. The maximum Gasteiger partial charge on any atom is 0.146 e. The second-order valence-corrected chi connectivity index (χ2v) is 4.96. The SMILES string of the molecule is COCCc1nc(Cl)c(I)c(C(C)C)n1. The topological polar surface area (TPSA) is 35.0 Å². The fourth-order valence-corrected chi connectivity index (χ4v) is 2.23. The summed E-state index contributed by atoms with van der Waals surface area (Å²) in [5.41, 5.74) is 1.02.